The van der Waals surface area contributed by atoms with Crippen LogP contribution in [0.4, 0.5) is 9.59 Å². The van der Waals surface area contributed by atoms with Crippen LogP contribution < -0.4 is 5.32 Å². The second-order valence-corrected chi connectivity index (χ2v) is 19.8. The Morgan fingerprint density at radius 1 is 0.969 bits per heavy atom. The summed E-state index contributed by atoms with van der Waals surface area (Å²) in [5, 5.41) is 39.8. The second kappa shape index (κ2) is 18.3. The molecule has 1 saturated heterocycles. The number of benzene rings is 2. The standard InChI is InChI=1S/C47H58ClNO16/c1-24(48)22-59-42(57)62-30-20-31-46(23-60-31,64-26(3)50)36-38(63-39(54)28-18-14-11-15-19-28)47(58)21-29(25(2)32(44(47,7)8)34(51)37(53)45(30,36)9)61-40(55)35(52)33(27-16-12-10-13-17-27)49-41(56)65-43(4,5)6/h10-19,24,29-31,33-36,38,51-52,58H,20-23H2,1-9H3,(H,49,56)/t24?,29-,30-,31+,33-,34+,35?,36?,38?,45+,46-,47+/m0/s1. The summed E-state index contributed by atoms with van der Waals surface area (Å²) in [5.74, 6) is -5.69. The fraction of sp³-hybridized carbons (Fsp3) is 0.574. The third-order valence-corrected chi connectivity index (χ3v) is 13.3. The fourth-order valence-electron chi connectivity index (χ4n) is 10.0. The van der Waals surface area contributed by atoms with Crippen LogP contribution in [-0.4, -0.2) is 123 Å². The average Bonchev–Trinajstić information content (AvgIpc) is 3.22. The molecule has 6 rings (SSSR count). The summed E-state index contributed by atoms with van der Waals surface area (Å²) < 4.78 is 41.0. The highest BCUT2D eigenvalue weighted by atomic mass is 35.5. The molecule has 2 aromatic rings. The van der Waals surface area contributed by atoms with Gasteiger partial charge >= 0.3 is 30.2 Å². The molecule has 0 radical (unpaired) electrons. The number of amides is 1. The first-order valence-corrected chi connectivity index (χ1v) is 21.9. The van der Waals surface area contributed by atoms with Crippen LogP contribution in [0.15, 0.2) is 71.8 Å². The molecule has 2 aromatic carbocycles. The Morgan fingerprint density at radius 2 is 1.58 bits per heavy atom. The third-order valence-electron chi connectivity index (χ3n) is 13.2. The van der Waals surface area contributed by atoms with Gasteiger partial charge in [0.2, 0.25) is 0 Å². The largest absolute Gasteiger partial charge is 0.508 e. The van der Waals surface area contributed by atoms with E-state index in [4.69, 9.17) is 44.8 Å². The normalized spacial score (nSPS) is 31.7. The Balaban J connectivity index is 1.52. The van der Waals surface area contributed by atoms with E-state index in [2.05, 4.69) is 5.32 Å². The van der Waals surface area contributed by atoms with Gasteiger partial charge in [-0.15, -0.1) is 11.6 Å². The maximum atomic E-state index is 15.5. The Morgan fingerprint density at radius 3 is 2.14 bits per heavy atom. The molecule has 4 N–H and O–H groups in total. The number of ketones is 1. The van der Waals surface area contributed by atoms with E-state index in [1.807, 2.05) is 0 Å². The number of rotatable bonds is 11. The number of nitrogens with one attached hydrogen (secondary N) is 1. The number of alkyl halides is 1. The number of esters is 3. The molecule has 4 unspecified atom stereocenters. The van der Waals surface area contributed by atoms with Crippen molar-refractivity contribution >= 4 is 47.5 Å². The summed E-state index contributed by atoms with van der Waals surface area (Å²) in [6.07, 6.45) is -13.3. The van der Waals surface area contributed by atoms with Gasteiger partial charge in [0.05, 0.1) is 34.9 Å². The van der Waals surface area contributed by atoms with Crippen LogP contribution in [0.3, 0.4) is 0 Å². The first-order valence-electron chi connectivity index (χ1n) is 21.4. The molecule has 12 atom stereocenters. The minimum absolute atomic E-state index is 0.0349. The zero-order valence-corrected chi connectivity index (χ0v) is 38.6. The number of carbonyl (C=O) groups is 6. The Hall–Kier alpha value is -5.07. The van der Waals surface area contributed by atoms with Crippen LogP contribution >= 0.6 is 11.6 Å². The van der Waals surface area contributed by atoms with Gasteiger partial charge in [0.1, 0.15) is 48.3 Å². The average molecular weight is 928 g/mol. The van der Waals surface area contributed by atoms with Crippen molar-refractivity contribution in [2.24, 2.45) is 16.7 Å². The molecule has 4 aliphatic rings. The van der Waals surface area contributed by atoms with Gasteiger partial charge in [0.25, 0.3) is 0 Å². The SMILES string of the molecule is CC(=O)O[C@@]12CO[C@@H]1C[C@H](OC(=O)OCC(C)Cl)[C@@]1(C)C(=O)[C@H](O)C3=C(C)[C@@H](OC(=O)C(O)[C@@H](NC(=O)OC(C)(C)C)c4ccccc4)C[C@@](O)(C(OC(=O)c4ccccc4)C12)C3(C)C. The van der Waals surface area contributed by atoms with Crippen molar-refractivity contribution in [3.63, 3.8) is 0 Å². The maximum Gasteiger partial charge on any atom is 0.508 e. The van der Waals surface area contributed by atoms with E-state index in [1.165, 1.54) is 39.8 Å². The van der Waals surface area contributed by atoms with Gasteiger partial charge in [0, 0.05) is 25.2 Å². The minimum Gasteiger partial charge on any atom is -0.456 e. The summed E-state index contributed by atoms with van der Waals surface area (Å²) in [6, 6.07) is 14.4. The molecule has 1 aliphatic heterocycles. The molecule has 3 fully saturated rings. The van der Waals surface area contributed by atoms with Crippen molar-refractivity contribution < 1.29 is 77.2 Å². The maximum absolute atomic E-state index is 15.5. The number of Topliss-reactive ketones (excluding diaryl/α,β-unsaturated/α-hetero) is 1. The first-order chi connectivity index (χ1) is 30.3. The predicted octanol–water partition coefficient (Wildman–Crippen LogP) is 5.05. The Bertz CT molecular complexity index is 2190. The zero-order valence-electron chi connectivity index (χ0n) is 37.8. The molecule has 0 aromatic heterocycles. The number of hydrogen-bond donors (Lipinski definition) is 4. The topological polar surface area (TPSA) is 240 Å². The summed E-state index contributed by atoms with van der Waals surface area (Å²) >= 11 is 6.04. The molecule has 1 heterocycles. The lowest BCUT2D eigenvalue weighted by atomic mass is 9.44. The van der Waals surface area contributed by atoms with Gasteiger partial charge in [-0.2, -0.15) is 0 Å². The van der Waals surface area contributed by atoms with E-state index in [-0.39, 0.29) is 36.3 Å². The van der Waals surface area contributed by atoms with Crippen LogP contribution in [0.25, 0.3) is 0 Å². The van der Waals surface area contributed by atoms with E-state index in [0.717, 1.165) is 6.92 Å². The quantitative estimate of drug-likeness (QED) is 0.0998. The fourth-order valence-corrected chi connectivity index (χ4v) is 10.1. The van der Waals surface area contributed by atoms with Crippen LogP contribution in [-0.2, 0) is 47.5 Å². The molecular weight excluding hydrogens is 870 g/mol. The van der Waals surface area contributed by atoms with Crippen LogP contribution in [0.1, 0.15) is 97.1 Å². The summed E-state index contributed by atoms with van der Waals surface area (Å²) in [5.41, 5.74) is -8.77. The van der Waals surface area contributed by atoms with E-state index in [1.54, 1.807) is 76.2 Å². The Labute approximate surface area is 382 Å². The number of ether oxygens (including phenoxy) is 7. The van der Waals surface area contributed by atoms with Crippen LogP contribution in [0.2, 0.25) is 0 Å². The minimum atomic E-state index is -2.45. The van der Waals surface area contributed by atoms with Gasteiger partial charge in [-0.25, -0.2) is 19.2 Å². The number of carbonyl (C=O) groups excluding carboxylic acids is 6. The van der Waals surface area contributed by atoms with E-state index >= 15 is 4.79 Å². The van der Waals surface area contributed by atoms with Crippen molar-refractivity contribution in [3.8, 4) is 0 Å². The summed E-state index contributed by atoms with van der Waals surface area (Å²) in [7, 11) is 0. The molecule has 0 spiro atoms. The molecule has 18 heteroatoms. The lowest BCUT2D eigenvalue weighted by Crippen LogP contribution is -2.82. The second-order valence-electron chi connectivity index (χ2n) is 19.0. The monoisotopic (exact) mass is 927 g/mol. The van der Waals surface area contributed by atoms with Crippen molar-refractivity contribution in [3.05, 3.63) is 82.9 Å². The van der Waals surface area contributed by atoms with Crippen molar-refractivity contribution in [2.75, 3.05) is 13.2 Å². The van der Waals surface area contributed by atoms with Crippen LogP contribution in [0, 0.1) is 16.7 Å². The predicted molar refractivity (Wildman–Crippen MR) is 229 cm³/mol. The number of hydrogen-bond acceptors (Lipinski definition) is 16. The molecular formula is C47H58ClNO16. The molecule has 2 bridgehead atoms. The molecule has 2 saturated carbocycles. The van der Waals surface area contributed by atoms with E-state index in [9.17, 15) is 39.3 Å². The number of aliphatic hydroxyl groups excluding tert-OH is 2. The van der Waals surface area contributed by atoms with Gasteiger partial charge in [-0.05, 0) is 70.4 Å². The molecule has 17 nitrogen and oxygen atoms in total. The van der Waals surface area contributed by atoms with Gasteiger partial charge in [0.15, 0.2) is 17.5 Å². The Kier molecular flexibility index (Phi) is 13.9. The zero-order chi connectivity index (χ0) is 48.0. The van der Waals surface area contributed by atoms with Crippen LogP contribution in [0.5, 0.6) is 0 Å². The van der Waals surface area contributed by atoms with Crippen molar-refractivity contribution in [1.29, 1.82) is 0 Å². The van der Waals surface area contributed by atoms with E-state index in [0.29, 0.717) is 5.56 Å². The summed E-state index contributed by atoms with van der Waals surface area (Å²) in [4.78, 5) is 83.6. The lowest BCUT2D eigenvalue weighted by Gasteiger charge is -2.67. The highest BCUT2D eigenvalue weighted by Gasteiger charge is 2.79. The molecule has 354 valence electrons. The molecule has 3 aliphatic carbocycles. The number of fused-ring (bicyclic) bond motifs is 5. The van der Waals surface area contributed by atoms with Gasteiger partial charge in [-0.1, -0.05) is 62.4 Å². The first kappa shape index (κ1) is 49.4. The number of alkyl carbamates (subject to hydrolysis) is 1. The smallest absolute Gasteiger partial charge is 0.456 e. The van der Waals surface area contributed by atoms with Gasteiger partial charge in [-0.3, -0.25) is 9.59 Å². The summed E-state index contributed by atoms with van der Waals surface area (Å²) in [6.45, 7) is 12.9. The molecule has 65 heavy (non-hydrogen) atoms. The third kappa shape index (κ3) is 9.22. The van der Waals surface area contributed by atoms with E-state index < -0.39 is 124 Å². The lowest BCUT2D eigenvalue weighted by molar-refractivity contribution is -0.346. The van der Waals surface area contributed by atoms with Crippen molar-refractivity contribution in [2.45, 2.75) is 140 Å². The van der Waals surface area contributed by atoms with Crippen molar-refractivity contribution in [1.82, 2.24) is 5.32 Å². The highest BCUT2D eigenvalue weighted by Crippen LogP contribution is 2.64. The number of aliphatic hydroxyl groups is 3. The van der Waals surface area contributed by atoms with Gasteiger partial charge < -0.3 is 53.8 Å². The highest BCUT2D eigenvalue weighted by molar-refractivity contribution is 6.20. The molecule has 1 amide bonds. The number of halogens is 1.